The third kappa shape index (κ3) is 4.48. The molecule has 2 aliphatic heterocycles. The van der Waals surface area contributed by atoms with E-state index in [1.807, 2.05) is 4.90 Å². The van der Waals surface area contributed by atoms with Crippen molar-refractivity contribution >= 4 is 6.03 Å². The summed E-state index contributed by atoms with van der Waals surface area (Å²) in [6.07, 6.45) is 4.12. The number of aliphatic hydroxyl groups is 1. The second kappa shape index (κ2) is 8.49. The van der Waals surface area contributed by atoms with Crippen molar-refractivity contribution in [3.8, 4) is 0 Å². The van der Waals surface area contributed by atoms with Gasteiger partial charge in [-0.2, -0.15) is 0 Å². The maximum Gasteiger partial charge on any atom is 0.317 e. The van der Waals surface area contributed by atoms with Gasteiger partial charge in [0.25, 0.3) is 0 Å². The molecule has 2 heterocycles. The molecule has 0 aliphatic carbocycles. The van der Waals surface area contributed by atoms with Crippen LogP contribution in [0.5, 0.6) is 0 Å². The molecular formula is C19H29N3O2. The van der Waals surface area contributed by atoms with Gasteiger partial charge in [-0.3, -0.25) is 4.90 Å². The summed E-state index contributed by atoms with van der Waals surface area (Å²) in [6.45, 7) is 5.55. The molecule has 1 aromatic carbocycles. The highest BCUT2D eigenvalue weighted by molar-refractivity contribution is 5.74. The van der Waals surface area contributed by atoms with E-state index in [0.717, 1.165) is 58.4 Å². The lowest BCUT2D eigenvalue weighted by Gasteiger charge is -2.32. The van der Waals surface area contributed by atoms with E-state index in [2.05, 4.69) is 34.5 Å². The molecule has 24 heavy (non-hydrogen) atoms. The molecule has 0 unspecified atom stereocenters. The van der Waals surface area contributed by atoms with Crippen LogP contribution >= 0.6 is 0 Å². The van der Waals surface area contributed by atoms with Crippen LogP contribution in [0.15, 0.2) is 24.3 Å². The smallest absolute Gasteiger partial charge is 0.317 e. The molecule has 0 spiro atoms. The van der Waals surface area contributed by atoms with Crippen molar-refractivity contribution in [3.05, 3.63) is 35.4 Å². The van der Waals surface area contributed by atoms with Crippen LogP contribution in [0.4, 0.5) is 4.79 Å². The number of amides is 2. The molecule has 1 atom stereocenters. The van der Waals surface area contributed by atoms with Gasteiger partial charge in [-0.1, -0.05) is 24.3 Å². The molecule has 2 N–H and O–H groups in total. The number of urea groups is 1. The van der Waals surface area contributed by atoms with Crippen molar-refractivity contribution in [1.82, 2.24) is 15.1 Å². The monoisotopic (exact) mass is 331 g/mol. The zero-order chi connectivity index (χ0) is 16.8. The maximum atomic E-state index is 12.2. The average molecular weight is 331 g/mol. The summed E-state index contributed by atoms with van der Waals surface area (Å²) in [5.74, 6) is 0.248. The highest BCUT2D eigenvalue weighted by atomic mass is 16.3. The lowest BCUT2D eigenvalue weighted by atomic mass is 9.99. The zero-order valence-corrected chi connectivity index (χ0v) is 14.4. The molecule has 132 valence electrons. The van der Waals surface area contributed by atoms with E-state index in [4.69, 9.17) is 0 Å². The second-order valence-electron chi connectivity index (χ2n) is 7.02. The number of likely N-dealkylation sites (tertiary alicyclic amines) is 1. The van der Waals surface area contributed by atoms with Crippen LogP contribution in [-0.4, -0.2) is 60.3 Å². The van der Waals surface area contributed by atoms with Gasteiger partial charge in [0.15, 0.2) is 0 Å². The van der Waals surface area contributed by atoms with E-state index in [1.54, 1.807) is 0 Å². The molecule has 5 nitrogen and oxygen atoms in total. The molecule has 2 amide bonds. The first-order valence-electron chi connectivity index (χ1n) is 9.19. The molecule has 2 aliphatic rings. The molecule has 0 aromatic heterocycles. The maximum absolute atomic E-state index is 12.2. The SMILES string of the molecule is O=C(NCCCN1CCc2ccccc2C1)N1CCC[C@H](CO)C1. The van der Waals surface area contributed by atoms with Crippen LogP contribution < -0.4 is 5.32 Å². The van der Waals surface area contributed by atoms with E-state index in [0.29, 0.717) is 6.54 Å². The number of aliphatic hydroxyl groups excluding tert-OH is 1. The van der Waals surface area contributed by atoms with E-state index in [1.165, 1.54) is 11.1 Å². The van der Waals surface area contributed by atoms with Crippen molar-refractivity contribution in [2.75, 3.05) is 39.3 Å². The summed E-state index contributed by atoms with van der Waals surface area (Å²) >= 11 is 0. The first-order valence-corrected chi connectivity index (χ1v) is 9.19. The van der Waals surface area contributed by atoms with E-state index in [-0.39, 0.29) is 18.6 Å². The fraction of sp³-hybridized carbons (Fsp3) is 0.632. The molecule has 1 saturated heterocycles. The summed E-state index contributed by atoms with van der Waals surface area (Å²) in [4.78, 5) is 16.5. The highest BCUT2D eigenvalue weighted by Crippen LogP contribution is 2.18. The first kappa shape index (κ1) is 17.2. The number of nitrogens with one attached hydrogen (secondary N) is 1. The minimum Gasteiger partial charge on any atom is -0.396 e. The largest absolute Gasteiger partial charge is 0.396 e. The summed E-state index contributed by atoms with van der Waals surface area (Å²) in [7, 11) is 0. The van der Waals surface area contributed by atoms with E-state index < -0.39 is 0 Å². The minimum atomic E-state index is 0.0251. The Balaban J connectivity index is 1.35. The van der Waals surface area contributed by atoms with Crippen LogP contribution in [0.25, 0.3) is 0 Å². The standard InChI is InChI=1S/C19H29N3O2/c23-15-16-5-3-11-22(13-16)19(24)20-9-4-10-21-12-8-17-6-1-2-7-18(17)14-21/h1-2,6-7,16,23H,3-5,8-15H2,(H,20,24)/t16-/m0/s1. The molecule has 0 radical (unpaired) electrons. The van der Waals surface area contributed by atoms with Gasteiger partial charge in [0.05, 0.1) is 0 Å². The fourth-order valence-electron chi connectivity index (χ4n) is 3.75. The van der Waals surface area contributed by atoms with Gasteiger partial charge in [0.1, 0.15) is 0 Å². The van der Waals surface area contributed by atoms with Crippen LogP contribution in [0.2, 0.25) is 0 Å². The summed E-state index contributed by atoms with van der Waals surface area (Å²) in [5.41, 5.74) is 2.92. The Bertz CT molecular complexity index is 549. The Morgan fingerprint density at radius 2 is 2.08 bits per heavy atom. The highest BCUT2D eigenvalue weighted by Gasteiger charge is 2.22. The summed E-state index contributed by atoms with van der Waals surface area (Å²) < 4.78 is 0. The summed E-state index contributed by atoms with van der Waals surface area (Å²) in [6, 6.07) is 8.70. The number of benzene rings is 1. The summed E-state index contributed by atoms with van der Waals surface area (Å²) in [5, 5.41) is 12.3. The molecule has 5 heteroatoms. The van der Waals surface area contributed by atoms with Crippen LogP contribution in [-0.2, 0) is 13.0 Å². The minimum absolute atomic E-state index is 0.0251. The van der Waals surface area contributed by atoms with Crippen molar-refractivity contribution in [1.29, 1.82) is 0 Å². The number of fused-ring (bicyclic) bond motifs is 1. The van der Waals surface area contributed by atoms with Crippen LogP contribution in [0.1, 0.15) is 30.4 Å². The van der Waals surface area contributed by atoms with E-state index >= 15 is 0 Å². The first-order chi connectivity index (χ1) is 11.8. The van der Waals surface area contributed by atoms with E-state index in [9.17, 15) is 9.90 Å². The second-order valence-corrected chi connectivity index (χ2v) is 7.02. The van der Waals surface area contributed by atoms with Gasteiger partial charge in [0, 0.05) is 45.9 Å². The third-order valence-electron chi connectivity index (χ3n) is 5.20. The van der Waals surface area contributed by atoms with Gasteiger partial charge in [-0.25, -0.2) is 4.79 Å². The molecule has 0 bridgehead atoms. The topological polar surface area (TPSA) is 55.8 Å². The fourth-order valence-corrected chi connectivity index (χ4v) is 3.75. The Morgan fingerprint density at radius 3 is 2.92 bits per heavy atom. The van der Waals surface area contributed by atoms with Gasteiger partial charge >= 0.3 is 6.03 Å². The Kier molecular flexibility index (Phi) is 6.10. The van der Waals surface area contributed by atoms with Crippen LogP contribution in [0, 0.1) is 5.92 Å². The number of carbonyl (C=O) groups is 1. The normalized spacial score (nSPS) is 21.4. The molecule has 1 fully saturated rings. The molecule has 1 aromatic rings. The lowest BCUT2D eigenvalue weighted by Crippen LogP contribution is -2.46. The van der Waals surface area contributed by atoms with Gasteiger partial charge in [-0.05, 0) is 42.7 Å². The number of hydrogen-bond acceptors (Lipinski definition) is 3. The quantitative estimate of drug-likeness (QED) is 0.810. The lowest BCUT2D eigenvalue weighted by molar-refractivity contribution is 0.129. The number of rotatable bonds is 5. The number of hydrogen-bond donors (Lipinski definition) is 2. The van der Waals surface area contributed by atoms with Crippen molar-refractivity contribution in [2.45, 2.75) is 32.2 Å². The van der Waals surface area contributed by atoms with Crippen molar-refractivity contribution < 1.29 is 9.90 Å². The van der Waals surface area contributed by atoms with Gasteiger partial charge in [-0.15, -0.1) is 0 Å². The molecular weight excluding hydrogens is 302 g/mol. The number of piperidine rings is 1. The number of nitrogens with zero attached hydrogens (tertiary/aromatic N) is 2. The predicted octanol–water partition coefficient (Wildman–Crippen LogP) is 1.85. The van der Waals surface area contributed by atoms with Gasteiger partial charge < -0.3 is 15.3 Å². The Labute approximate surface area is 144 Å². The van der Waals surface area contributed by atoms with Gasteiger partial charge in [0.2, 0.25) is 0 Å². The molecule has 3 rings (SSSR count). The number of carbonyl (C=O) groups excluding carboxylic acids is 1. The Morgan fingerprint density at radius 1 is 1.25 bits per heavy atom. The van der Waals surface area contributed by atoms with Crippen molar-refractivity contribution in [2.24, 2.45) is 5.92 Å². The van der Waals surface area contributed by atoms with Crippen molar-refractivity contribution in [3.63, 3.8) is 0 Å². The molecule has 0 saturated carbocycles. The predicted molar refractivity (Wildman–Crippen MR) is 94.8 cm³/mol. The Hall–Kier alpha value is -1.59. The van der Waals surface area contributed by atoms with Crippen LogP contribution in [0.3, 0.4) is 0 Å². The third-order valence-corrected chi connectivity index (χ3v) is 5.20. The average Bonchev–Trinajstić information content (AvgIpc) is 2.65. The zero-order valence-electron chi connectivity index (χ0n) is 14.4.